The zero-order valence-electron chi connectivity index (χ0n) is 8.20. The summed E-state index contributed by atoms with van der Waals surface area (Å²) in [5.74, 6) is 2.06. The first-order chi connectivity index (χ1) is 6.95. The van der Waals surface area contributed by atoms with Crippen molar-refractivity contribution in [3.8, 4) is 0 Å². The first-order valence-electron chi connectivity index (χ1n) is 5.14. The SMILES string of the molecule is c1n[nH]c(SCCC2CCNCC2)n1. The van der Waals surface area contributed by atoms with Crippen LogP contribution in [0.2, 0.25) is 0 Å². The van der Waals surface area contributed by atoms with Gasteiger partial charge in [-0.3, -0.25) is 5.10 Å². The van der Waals surface area contributed by atoms with E-state index in [1.807, 2.05) is 0 Å². The van der Waals surface area contributed by atoms with E-state index in [1.54, 1.807) is 18.1 Å². The number of H-pyrrole nitrogens is 1. The predicted octanol–water partition coefficient (Wildman–Crippen LogP) is 1.29. The Morgan fingerprint density at radius 2 is 2.29 bits per heavy atom. The van der Waals surface area contributed by atoms with Crippen LogP contribution in [0.25, 0.3) is 0 Å². The third-order valence-electron chi connectivity index (χ3n) is 2.62. The first kappa shape index (κ1) is 9.98. The lowest BCUT2D eigenvalue weighted by Crippen LogP contribution is -2.27. The van der Waals surface area contributed by atoms with E-state index in [1.165, 1.54) is 32.4 Å². The third kappa shape index (κ3) is 2.99. The second-order valence-electron chi connectivity index (χ2n) is 3.62. The summed E-state index contributed by atoms with van der Waals surface area (Å²) in [4.78, 5) is 4.08. The highest BCUT2D eigenvalue weighted by Gasteiger charge is 2.12. The molecular formula is C9H16N4S. The largest absolute Gasteiger partial charge is 0.317 e. The minimum absolute atomic E-state index is 0.909. The van der Waals surface area contributed by atoms with Gasteiger partial charge in [-0.25, -0.2) is 4.98 Å². The molecule has 0 unspecified atom stereocenters. The van der Waals surface area contributed by atoms with Crippen LogP contribution in [0.4, 0.5) is 0 Å². The molecule has 2 rings (SSSR count). The fraction of sp³-hybridized carbons (Fsp3) is 0.778. The van der Waals surface area contributed by atoms with Crippen LogP contribution < -0.4 is 5.32 Å². The summed E-state index contributed by atoms with van der Waals surface area (Å²) >= 11 is 1.77. The highest BCUT2D eigenvalue weighted by molar-refractivity contribution is 7.99. The monoisotopic (exact) mass is 212 g/mol. The van der Waals surface area contributed by atoms with E-state index >= 15 is 0 Å². The Balaban J connectivity index is 1.62. The van der Waals surface area contributed by atoms with Gasteiger partial charge in [0.05, 0.1) is 0 Å². The molecule has 78 valence electrons. The van der Waals surface area contributed by atoms with Crippen LogP contribution in [-0.2, 0) is 0 Å². The molecule has 1 aliphatic rings. The van der Waals surface area contributed by atoms with E-state index in [0.717, 1.165) is 16.8 Å². The van der Waals surface area contributed by atoms with E-state index < -0.39 is 0 Å². The van der Waals surface area contributed by atoms with Crippen molar-refractivity contribution < 1.29 is 0 Å². The van der Waals surface area contributed by atoms with Crippen LogP contribution in [0.15, 0.2) is 11.5 Å². The summed E-state index contributed by atoms with van der Waals surface area (Å²) < 4.78 is 0. The molecule has 5 heteroatoms. The topological polar surface area (TPSA) is 53.6 Å². The molecule has 14 heavy (non-hydrogen) atoms. The molecule has 0 radical (unpaired) electrons. The highest BCUT2D eigenvalue weighted by Crippen LogP contribution is 2.20. The van der Waals surface area contributed by atoms with Gasteiger partial charge < -0.3 is 5.32 Å². The quantitative estimate of drug-likeness (QED) is 0.738. The van der Waals surface area contributed by atoms with E-state index in [9.17, 15) is 0 Å². The van der Waals surface area contributed by atoms with Crippen LogP contribution in [0.3, 0.4) is 0 Å². The normalized spacial score (nSPS) is 18.6. The lowest BCUT2D eigenvalue weighted by atomic mass is 9.96. The molecule has 0 aromatic carbocycles. The van der Waals surface area contributed by atoms with Gasteiger partial charge in [0.2, 0.25) is 0 Å². The van der Waals surface area contributed by atoms with Gasteiger partial charge in [0.1, 0.15) is 6.33 Å². The van der Waals surface area contributed by atoms with Gasteiger partial charge in [-0.05, 0) is 38.3 Å². The maximum atomic E-state index is 4.08. The number of nitrogens with zero attached hydrogens (tertiary/aromatic N) is 2. The Morgan fingerprint density at radius 1 is 1.43 bits per heavy atom. The summed E-state index contributed by atoms with van der Waals surface area (Å²) in [6.07, 6.45) is 5.52. The van der Waals surface area contributed by atoms with Crippen molar-refractivity contribution in [2.24, 2.45) is 5.92 Å². The number of aromatic nitrogens is 3. The third-order valence-corrected chi connectivity index (χ3v) is 3.53. The van der Waals surface area contributed by atoms with Crippen molar-refractivity contribution in [2.75, 3.05) is 18.8 Å². The Morgan fingerprint density at radius 3 is 3.00 bits per heavy atom. The van der Waals surface area contributed by atoms with E-state index in [4.69, 9.17) is 0 Å². The van der Waals surface area contributed by atoms with E-state index in [2.05, 4.69) is 20.5 Å². The average molecular weight is 212 g/mol. The molecule has 0 amide bonds. The number of piperidine rings is 1. The van der Waals surface area contributed by atoms with Crippen molar-refractivity contribution in [2.45, 2.75) is 24.4 Å². The molecule has 1 fully saturated rings. The Kier molecular flexibility index (Phi) is 3.82. The van der Waals surface area contributed by atoms with Crippen molar-refractivity contribution in [3.63, 3.8) is 0 Å². The molecule has 0 saturated carbocycles. The van der Waals surface area contributed by atoms with Gasteiger partial charge in [-0.1, -0.05) is 11.8 Å². The fourth-order valence-electron chi connectivity index (χ4n) is 1.76. The number of rotatable bonds is 4. The predicted molar refractivity (Wildman–Crippen MR) is 57.3 cm³/mol. The summed E-state index contributed by atoms with van der Waals surface area (Å²) in [5.41, 5.74) is 0. The van der Waals surface area contributed by atoms with Gasteiger partial charge in [0, 0.05) is 5.75 Å². The first-order valence-corrected chi connectivity index (χ1v) is 6.12. The zero-order chi connectivity index (χ0) is 9.64. The molecule has 1 aromatic heterocycles. The molecule has 1 aromatic rings. The second-order valence-corrected chi connectivity index (χ2v) is 4.70. The van der Waals surface area contributed by atoms with E-state index in [-0.39, 0.29) is 0 Å². The van der Waals surface area contributed by atoms with Crippen molar-refractivity contribution in [1.29, 1.82) is 0 Å². The van der Waals surface area contributed by atoms with Gasteiger partial charge >= 0.3 is 0 Å². The minimum atomic E-state index is 0.909. The van der Waals surface area contributed by atoms with Crippen LogP contribution in [0.5, 0.6) is 0 Å². The molecule has 0 bridgehead atoms. The summed E-state index contributed by atoms with van der Waals surface area (Å²) in [6.45, 7) is 2.38. The zero-order valence-corrected chi connectivity index (χ0v) is 9.02. The number of hydrogen-bond donors (Lipinski definition) is 2. The standard InChI is InChI=1S/C9H16N4S/c1-4-10-5-2-8(1)3-6-14-9-11-7-12-13-9/h7-8,10H,1-6H2,(H,11,12,13). The van der Waals surface area contributed by atoms with Crippen LogP contribution in [0, 0.1) is 5.92 Å². The van der Waals surface area contributed by atoms with Crippen LogP contribution in [0.1, 0.15) is 19.3 Å². The van der Waals surface area contributed by atoms with Gasteiger partial charge in [0.25, 0.3) is 0 Å². The number of nitrogens with one attached hydrogen (secondary N) is 2. The summed E-state index contributed by atoms with van der Waals surface area (Å²) in [6, 6.07) is 0. The Hall–Kier alpha value is -0.550. The minimum Gasteiger partial charge on any atom is -0.317 e. The molecule has 0 spiro atoms. The van der Waals surface area contributed by atoms with Gasteiger partial charge in [-0.2, -0.15) is 5.10 Å². The van der Waals surface area contributed by atoms with Gasteiger partial charge in [0.15, 0.2) is 5.16 Å². The molecule has 2 heterocycles. The lowest BCUT2D eigenvalue weighted by Gasteiger charge is -2.21. The van der Waals surface area contributed by atoms with Gasteiger partial charge in [-0.15, -0.1) is 0 Å². The smallest absolute Gasteiger partial charge is 0.183 e. The molecule has 1 saturated heterocycles. The molecule has 4 nitrogen and oxygen atoms in total. The number of aromatic amines is 1. The number of thioether (sulfide) groups is 1. The number of hydrogen-bond acceptors (Lipinski definition) is 4. The summed E-state index contributed by atoms with van der Waals surface area (Å²) in [5, 5.41) is 11.0. The summed E-state index contributed by atoms with van der Waals surface area (Å²) in [7, 11) is 0. The fourth-order valence-corrected chi connectivity index (χ4v) is 2.64. The maximum absolute atomic E-state index is 4.08. The maximum Gasteiger partial charge on any atom is 0.183 e. The molecule has 0 atom stereocenters. The van der Waals surface area contributed by atoms with Crippen LogP contribution >= 0.6 is 11.8 Å². The molecule has 0 aliphatic carbocycles. The molecule has 2 N–H and O–H groups in total. The van der Waals surface area contributed by atoms with E-state index in [0.29, 0.717) is 0 Å². The second kappa shape index (κ2) is 5.36. The van der Waals surface area contributed by atoms with Crippen LogP contribution in [-0.4, -0.2) is 34.0 Å². The Labute approximate surface area is 88.3 Å². The molecule has 1 aliphatic heterocycles. The average Bonchev–Trinajstić information content (AvgIpc) is 2.72. The lowest BCUT2D eigenvalue weighted by molar-refractivity contribution is 0.367. The molecular weight excluding hydrogens is 196 g/mol. The highest BCUT2D eigenvalue weighted by atomic mass is 32.2. The van der Waals surface area contributed by atoms with Crippen molar-refractivity contribution in [1.82, 2.24) is 20.5 Å². The van der Waals surface area contributed by atoms with Crippen molar-refractivity contribution >= 4 is 11.8 Å². The Bertz CT molecular complexity index is 243. The van der Waals surface area contributed by atoms with Crippen molar-refractivity contribution in [3.05, 3.63) is 6.33 Å².